The van der Waals surface area contributed by atoms with Crippen LogP contribution in [0.1, 0.15) is 5.56 Å². The minimum absolute atomic E-state index is 0.556. The van der Waals surface area contributed by atoms with Crippen molar-refractivity contribution in [3.8, 4) is 11.8 Å². The summed E-state index contributed by atoms with van der Waals surface area (Å²) in [6.07, 6.45) is 4.44. The quantitative estimate of drug-likeness (QED) is 0.674. The summed E-state index contributed by atoms with van der Waals surface area (Å²) in [5.74, 6) is 5.97. The number of hydrogen-bond acceptors (Lipinski definition) is 1. The van der Waals surface area contributed by atoms with E-state index in [4.69, 9.17) is 5.73 Å². The summed E-state index contributed by atoms with van der Waals surface area (Å²) in [5.41, 5.74) is 6.51. The SMILES string of the molecule is NCC=CC#CCc1ccccc1. The van der Waals surface area contributed by atoms with E-state index in [0.717, 1.165) is 6.42 Å². The van der Waals surface area contributed by atoms with E-state index < -0.39 is 0 Å². The summed E-state index contributed by atoms with van der Waals surface area (Å²) in [7, 11) is 0. The standard InChI is InChI=1S/C12H13N/c13-11-7-2-1-4-8-12-9-5-3-6-10-12/h2-3,5-7,9-10H,8,11,13H2. The molecule has 0 fully saturated rings. The molecule has 0 aliphatic heterocycles. The number of hydrogen-bond donors (Lipinski definition) is 1. The summed E-state index contributed by atoms with van der Waals surface area (Å²) in [6, 6.07) is 10.2. The van der Waals surface area contributed by atoms with Crippen LogP contribution in [0, 0.1) is 11.8 Å². The van der Waals surface area contributed by atoms with Crippen molar-refractivity contribution in [2.75, 3.05) is 6.54 Å². The van der Waals surface area contributed by atoms with Crippen molar-refractivity contribution < 1.29 is 0 Å². The third-order valence-electron chi connectivity index (χ3n) is 1.57. The largest absolute Gasteiger partial charge is 0.327 e. The average molecular weight is 171 g/mol. The number of benzene rings is 1. The van der Waals surface area contributed by atoms with Crippen molar-refractivity contribution >= 4 is 0 Å². The van der Waals surface area contributed by atoms with E-state index in [1.807, 2.05) is 24.3 Å². The van der Waals surface area contributed by atoms with E-state index in [1.54, 1.807) is 6.08 Å². The molecule has 1 aromatic carbocycles. The number of allylic oxidation sites excluding steroid dienone is 1. The van der Waals surface area contributed by atoms with Crippen LogP contribution < -0.4 is 5.73 Å². The zero-order chi connectivity index (χ0) is 9.36. The molecule has 0 heterocycles. The third-order valence-corrected chi connectivity index (χ3v) is 1.57. The lowest BCUT2D eigenvalue weighted by atomic mass is 10.2. The molecule has 66 valence electrons. The van der Waals surface area contributed by atoms with Crippen LogP contribution in [0.25, 0.3) is 0 Å². The molecule has 0 saturated carbocycles. The molecule has 13 heavy (non-hydrogen) atoms. The van der Waals surface area contributed by atoms with Crippen molar-refractivity contribution in [3.63, 3.8) is 0 Å². The van der Waals surface area contributed by atoms with Gasteiger partial charge in [-0.1, -0.05) is 48.2 Å². The first-order chi connectivity index (χ1) is 6.43. The Morgan fingerprint density at radius 2 is 2.00 bits per heavy atom. The van der Waals surface area contributed by atoms with Gasteiger partial charge < -0.3 is 5.73 Å². The van der Waals surface area contributed by atoms with Crippen LogP contribution in [-0.4, -0.2) is 6.54 Å². The van der Waals surface area contributed by atoms with Gasteiger partial charge in [-0.15, -0.1) is 0 Å². The van der Waals surface area contributed by atoms with Crippen LogP contribution in [0.4, 0.5) is 0 Å². The second-order valence-corrected chi connectivity index (χ2v) is 2.62. The van der Waals surface area contributed by atoms with Crippen LogP contribution in [0.3, 0.4) is 0 Å². The van der Waals surface area contributed by atoms with Gasteiger partial charge >= 0.3 is 0 Å². The Bertz CT molecular complexity index is 314. The minimum Gasteiger partial charge on any atom is -0.327 e. The van der Waals surface area contributed by atoms with Gasteiger partial charge in [-0.25, -0.2) is 0 Å². The maximum atomic E-state index is 5.27. The van der Waals surface area contributed by atoms with Crippen molar-refractivity contribution in [3.05, 3.63) is 48.0 Å². The smallest absolute Gasteiger partial charge is 0.0343 e. The van der Waals surface area contributed by atoms with Crippen LogP contribution in [-0.2, 0) is 6.42 Å². The van der Waals surface area contributed by atoms with Crippen LogP contribution in [0.5, 0.6) is 0 Å². The predicted molar refractivity (Wildman–Crippen MR) is 56.1 cm³/mol. The van der Waals surface area contributed by atoms with E-state index >= 15 is 0 Å². The molecule has 1 rings (SSSR count). The first-order valence-electron chi connectivity index (χ1n) is 4.31. The molecule has 0 saturated heterocycles. The monoisotopic (exact) mass is 171 g/mol. The first-order valence-corrected chi connectivity index (χ1v) is 4.31. The second kappa shape index (κ2) is 6.05. The fourth-order valence-corrected chi connectivity index (χ4v) is 0.935. The third kappa shape index (κ3) is 4.15. The Hall–Kier alpha value is -1.52. The van der Waals surface area contributed by atoms with Gasteiger partial charge in [0.05, 0.1) is 0 Å². The van der Waals surface area contributed by atoms with E-state index in [2.05, 4.69) is 24.0 Å². The summed E-state index contributed by atoms with van der Waals surface area (Å²) in [6.45, 7) is 0.556. The van der Waals surface area contributed by atoms with Crippen molar-refractivity contribution in [2.24, 2.45) is 5.73 Å². The van der Waals surface area contributed by atoms with Gasteiger partial charge in [0, 0.05) is 13.0 Å². The van der Waals surface area contributed by atoms with Crippen molar-refractivity contribution in [1.82, 2.24) is 0 Å². The molecule has 0 atom stereocenters. The van der Waals surface area contributed by atoms with Gasteiger partial charge in [-0.3, -0.25) is 0 Å². The van der Waals surface area contributed by atoms with Crippen molar-refractivity contribution in [2.45, 2.75) is 6.42 Å². The Labute approximate surface area is 79.3 Å². The lowest BCUT2D eigenvalue weighted by Crippen LogP contribution is -1.91. The molecule has 0 bridgehead atoms. The lowest BCUT2D eigenvalue weighted by Gasteiger charge is -1.90. The van der Waals surface area contributed by atoms with Gasteiger partial charge in [-0.2, -0.15) is 0 Å². The Morgan fingerprint density at radius 1 is 1.23 bits per heavy atom. The molecule has 0 radical (unpaired) electrons. The molecule has 0 aliphatic rings. The highest BCUT2D eigenvalue weighted by Gasteiger charge is 1.83. The first kappa shape index (κ1) is 9.57. The summed E-state index contributed by atoms with van der Waals surface area (Å²) >= 11 is 0. The van der Waals surface area contributed by atoms with E-state index in [9.17, 15) is 0 Å². The zero-order valence-electron chi connectivity index (χ0n) is 7.53. The lowest BCUT2D eigenvalue weighted by molar-refractivity contribution is 1.26. The average Bonchev–Trinajstić information content (AvgIpc) is 2.19. The molecule has 0 spiro atoms. The predicted octanol–water partition coefficient (Wildman–Crippen LogP) is 1.75. The molecule has 1 heteroatoms. The molecule has 1 nitrogen and oxygen atoms in total. The van der Waals surface area contributed by atoms with E-state index in [0.29, 0.717) is 6.54 Å². The van der Waals surface area contributed by atoms with Gasteiger partial charge in [0.2, 0.25) is 0 Å². The molecule has 0 aromatic heterocycles. The van der Waals surface area contributed by atoms with Gasteiger partial charge in [0.15, 0.2) is 0 Å². The maximum absolute atomic E-state index is 5.27. The highest BCUT2D eigenvalue weighted by molar-refractivity contribution is 5.24. The normalized spacial score (nSPS) is 9.62. The fourth-order valence-electron chi connectivity index (χ4n) is 0.935. The maximum Gasteiger partial charge on any atom is 0.0343 e. The van der Waals surface area contributed by atoms with Crippen molar-refractivity contribution in [1.29, 1.82) is 0 Å². The van der Waals surface area contributed by atoms with E-state index in [-0.39, 0.29) is 0 Å². The van der Waals surface area contributed by atoms with Gasteiger partial charge in [0.25, 0.3) is 0 Å². The molecule has 2 N–H and O–H groups in total. The van der Waals surface area contributed by atoms with Crippen LogP contribution >= 0.6 is 0 Å². The topological polar surface area (TPSA) is 26.0 Å². The Balaban J connectivity index is 2.42. The number of rotatable bonds is 2. The molecular weight excluding hydrogens is 158 g/mol. The fraction of sp³-hybridized carbons (Fsp3) is 0.167. The van der Waals surface area contributed by atoms with Gasteiger partial charge in [-0.05, 0) is 11.6 Å². The van der Waals surface area contributed by atoms with E-state index in [1.165, 1.54) is 5.56 Å². The molecule has 1 aromatic rings. The highest BCUT2D eigenvalue weighted by atomic mass is 14.5. The highest BCUT2D eigenvalue weighted by Crippen LogP contribution is 1.97. The zero-order valence-corrected chi connectivity index (χ0v) is 7.53. The molecule has 0 unspecified atom stereocenters. The minimum atomic E-state index is 0.556. The van der Waals surface area contributed by atoms with Gasteiger partial charge in [0.1, 0.15) is 0 Å². The van der Waals surface area contributed by atoms with Crippen LogP contribution in [0.15, 0.2) is 42.5 Å². The Kier molecular flexibility index (Phi) is 4.45. The number of nitrogens with two attached hydrogens (primary N) is 1. The van der Waals surface area contributed by atoms with Crippen LogP contribution in [0.2, 0.25) is 0 Å². The molecular formula is C12H13N. The molecule has 0 aliphatic carbocycles. The summed E-state index contributed by atoms with van der Waals surface area (Å²) < 4.78 is 0. The molecule has 0 amide bonds. The second-order valence-electron chi connectivity index (χ2n) is 2.62. The Morgan fingerprint density at radius 3 is 2.69 bits per heavy atom. The summed E-state index contributed by atoms with van der Waals surface area (Å²) in [5, 5.41) is 0. The summed E-state index contributed by atoms with van der Waals surface area (Å²) in [4.78, 5) is 0.